The highest BCUT2D eigenvalue weighted by atomic mass is 35.5. The van der Waals surface area contributed by atoms with Gasteiger partial charge in [-0.1, -0.05) is 32.0 Å². The van der Waals surface area contributed by atoms with Crippen molar-refractivity contribution < 1.29 is 27.2 Å². The van der Waals surface area contributed by atoms with Crippen molar-refractivity contribution in [3.63, 3.8) is 0 Å². The first-order chi connectivity index (χ1) is 23.0. The summed E-state index contributed by atoms with van der Waals surface area (Å²) in [5.74, 6) is -3.00. The van der Waals surface area contributed by atoms with Gasteiger partial charge in [0.25, 0.3) is 11.5 Å². The quantitative estimate of drug-likeness (QED) is 0.193. The number of nitrogens with two attached hydrogens (primary N) is 1. The van der Waals surface area contributed by atoms with Crippen molar-refractivity contribution in [1.29, 1.82) is 0 Å². The van der Waals surface area contributed by atoms with Crippen LogP contribution in [0.25, 0.3) is 27.8 Å². The minimum atomic E-state index is -4.98. The molecule has 0 atom stereocenters. The standard InChI is InChI=1S/C34H34ClF4N7O3/c1-7-22(47)44-10-12-45(13-11-44)30-19-15-20(35)23(28-25(34(37,38)39)18(5)14-21(40)43-28)26(36)31(19)46(33(49)24(30)32(48)41-6)29-17(4)8-9-42-27(29)16(2)3/h7-9,14-16H,1,10-13H2,2-6H3,(H2,40,43)(H,41,48). The number of nitrogen functional groups attached to an aromatic ring is 1. The number of carbonyl (C=O) groups excluding carboxylic acids is 2. The average Bonchev–Trinajstić information content (AvgIpc) is 3.03. The Bertz CT molecular complexity index is 2090. The number of benzene rings is 1. The summed E-state index contributed by atoms with van der Waals surface area (Å²) in [5.41, 5.74) is 2.04. The highest BCUT2D eigenvalue weighted by Gasteiger charge is 2.39. The van der Waals surface area contributed by atoms with Crippen molar-refractivity contribution in [3.05, 3.63) is 86.2 Å². The van der Waals surface area contributed by atoms with Crippen LogP contribution in [0.1, 0.15) is 52.5 Å². The Hall–Kier alpha value is -4.98. The van der Waals surface area contributed by atoms with Crippen LogP contribution in [-0.2, 0) is 11.0 Å². The number of halogens is 5. The van der Waals surface area contributed by atoms with Crippen molar-refractivity contribution in [3.8, 4) is 16.9 Å². The SMILES string of the molecule is C=CC(=O)N1CCN(c2c(C(=O)NC)c(=O)n(-c3c(C)ccnc3C(C)C)c3c(F)c(-c4nc(N)cc(C)c4C(F)(F)F)c(Cl)cc23)CC1. The van der Waals surface area contributed by atoms with Crippen molar-refractivity contribution in [2.75, 3.05) is 43.9 Å². The monoisotopic (exact) mass is 699 g/mol. The van der Waals surface area contributed by atoms with Crippen LogP contribution in [0.15, 0.2) is 41.8 Å². The Morgan fingerprint density at radius 1 is 1.10 bits per heavy atom. The number of alkyl halides is 3. The lowest BCUT2D eigenvalue weighted by atomic mass is 9.96. The van der Waals surface area contributed by atoms with Crippen LogP contribution in [0, 0.1) is 19.7 Å². The second-order valence-corrected chi connectivity index (χ2v) is 12.4. The molecule has 5 rings (SSSR count). The summed E-state index contributed by atoms with van der Waals surface area (Å²) in [4.78, 5) is 52.3. The zero-order valence-electron chi connectivity index (χ0n) is 27.4. The van der Waals surface area contributed by atoms with Crippen molar-refractivity contribution in [2.45, 2.75) is 39.8 Å². The highest BCUT2D eigenvalue weighted by Crippen LogP contribution is 2.46. The van der Waals surface area contributed by atoms with Crippen LogP contribution >= 0.6 is 11.6 Å². The molecule has 0 aliphatic carbocycles. The lowest BCUT2D eigenvalue weighted by Gasteiger charge is -2.37. The largest absolute Gasteiger partial charge is 0.418 e. The smallest absolute Gasteiger partial charge is 0.384 e. The summed E-state index contributed by atoms with van der Waals surface area (Å²) in [6.07, 6.45) is -2.29. The van der Waals surface area contributed by atoms with Crippen LogP contribution < -0.4 is 21.5 Å². The summed E-state index contributed by atoms with van der Waals surface area (Å²) in [6, 6.07) is 3.85. The summed E-state index contributed by atoms with van der Waals surface area (Å²) < 4.78 is 62.0. The third-order valence-corrected chi connectivity index (χ3v) is 8.84. The number of pyridine rings is 3. The van der Waals surface area contributed by atoms with E-state index in [2.05, 4.69) is 21.9 Å². The van der Waals surface area contributed by atoms with Gasteiger partial charge >= 0.3 is 6.18 Å². The summed E-state index contributed by atoms with van der Waals surface area (Å²) in [5, 5.41) is 2.00. The van der Waals surface area contributed by atoms with Gasteiger partial charge < -0.3 is 20.9 Å². The van der Waals surface area contributed by atoms with E-state index < -0.39 is 50.8 Å². The molecule has 258 valence electrons. The maximum Gasteiger partial charge on any atom is 0.418 e. The molecule has 1 saturated heterocycles. The molecule has 0 radical (unpaired) electrons. The van der Waals surface area contributed by atoms with Gasteiger partial charge in [-0.3, -0.25) is 23.9 Å². The third kappa shape index (κ3) is 6.09. The van der Waals surface area contributed by atoms with E-state index >= 15 is 4.39 Å². The molecule has 0 spiro atoms. The fourth-order valence-corrected chi connectivity index (χ4v) is 6.63. The number of amides is 2. The summed E-state index contributed by atoms with van der Waals surface area (Å²) >= 11 is 6.71. The minimum absolute atomic E-state index is 0.00838. The number of aryl methyl sites for hydroxylation is 2. The first-order valence-corrected chi connectivity index (χ1v) is 15.7. The molecule has 4 heterocycles. The third-order valence-electron chi connectivity index (χ3n) is 8.54. The molecule has 0 unspecified atom stereocenters. The summed E-state index contributed by atoms with van der Waals surface area (Å²) in [7, 11) is 1.33. The van der Waals surface area contributed by atoms with Crippen molar-refractivity contribution in [1.82, 2.24) is 24.8 Å². The van der Waals surface area contributed by atoms with Gasteiger partial charge in [-0.2, -0.15) is 13.2 Å². The maximum absolute atomic E-state index is 17.5. The second kappa shape index (κ2) is 13.1. The number of hydrogen-bond donors (Lipinski definition) is 2. The Kier molecular flexibility index (Phi) is 9.48. The molecule has 15 heteroatoms. The lowest BCUT2D eigenvalue weighted by molar-refractivity contribution is -0.137. The molecule has 10 nitrogen and oxygen atoms in total. The number of rotatable bonds is 6. The topological polar surface area (TPSA) is 126 Å². The fraction of sp³-hybridized carbons (Fsp3) is 0.324. The molecule has 2 amide bonds. The van der Waals surface area contributed by atoms with E-state index in [-0.39, 0.29) is 71.7 Å². The number of carbonyl (C=O) groups is 2. The van der Waals surface area contributed by atoms with Gasteiger partial charge in [-0.25, -0.2) is 9.37 Å². The van der Waals surface area contributed by atoms with Gasteiger partial charge in [0.1, 0.15) is 11.4 Å². The van der Waals surface area contributed by atoms with Crippen molar-refractivity contribution in [2.24, 2.45) is 0 Å². The molecule has 1 aliphatic heterocycles. The molecule has 3 N–H and O–H groups in total. The molecule has 49 heavy (non-hydrogen) atoms. The van der Waals surface area contributed by atoms with E-state index in [1.54, 1.807) is 17.9 Å². The van der Waals surface area contributed by atoms with E-state index in [1.165, 1.54) is 37.2 Å². The Balaban J connectivity index is 2.02. The average molecular weight is 700 g/mol. The predicted octanol–water partition coefficient (Wildman–Crippen LogP) is 5.78. The predicted molar refractivity (Wildman–Crippen MR) is 181 cm³/mol. The molecule has 1 aromatic carbocycles. The van der Waals surface area contributed by atoms with Gasteiger partial charge in [-0.05, 0) is 55.2 Å². The van der Waals surface area contributed by atoms with E-state index in [4.69, 9.17) is 17.3 Å². The number of piperazine rings is 1. The molecular formula is C34H34ClF4N7O3. The van der Waals surface area contributed by atoms with E-state index in [1.807, 2.05) is 13.8 Å². The molecular weight excluding hydrogens is 666 g/mol. The number of aromatic nitrogens is 3. The highest BCUT2D eigenvalue weighted by molar-refractivity contribution is 6.34. The zero-order chi connectivity index (χ0) is 36.1. The van der Waals surface area contributed by atoms with E-state index in [0.29, 0.717) is 11.3 Å². The van der Waals surface area contributed by atoms with E-state index in [9.17, 15) is 27.6 Å². The fourth-order valence-electron chi connectivity index (χ4n) is 6.35. The first kappa shape index (κ1) is 35.3. The van der Waals surface area contributed by atoms with Crippen LogP contribution in [0.2, 0.25) is 5.02 Å². The number of nitrogens with one attached hydrogen (secondary N) is 1. The number of hydrogen-bond acceptors (Lipinski definition) is 7. The van der Waals surface area contributed by atoms with Gasteiger partial charge in [0, 0.05) is 44.8 Å². The Morgan fingerprint density at radius 3 is 2.33 bits per heavy atom. The molecule has 0 bridgehead atoms. The second-order valence-electron chi connectivity index (χ2n) is 12.0. The maximum atomic E-state index is 17.5. The number of anilines is 2. The zero-order valence-corrected chi connectivity index (χ0v) is 28.2. The van der Waals surface area contributed by atoms with Crippen molar-refractivity contribution >= 4 is 45.8 Å². The van der Waals surface area contributed by atoms with Gasteiger partial charge in [0.05, 0.1) is 44.4 Å². The number of fused-ring (bicyclic) bond motifs is 1. The van der Waals surface area contributed by atoms with Crippen LogP contribution in [0.5, 0.6) is 0 Å². The minimum Gasteiger partial charge on any atom is -0.384 e. The molecule has 4 aromatic rings. The van der Waals surface area contributed by atoms with Gasteiger partial charge in [-0.15, -0.1) is 0 Å². The van der Waals surface area contributed by atoms with E-state index in [0.717, 1.165) is 10.6 Å². The molecule has 0 saturated carbocycles. The van der Waals surface area contributed by atoms with Gasteiger partial charge in [0.2, 0.25) is 5.91 Å². The van der Waals surface area contributed by atoms with Crippen LogP contribution in [0.4, 0.5) is 29.1 Å². The molecule has 3 aromatic heterocycles. The summed E-state index contributed by atoms with van der Waals surface area (Å²) in [6.45, 7) is 10.6. The van der Waals surface area contributed by atoms with Gasteiger partial charge in [0.15, 0.2) is 5.82 Å². The normalized spacial score (nSPS) is 13.7. The van der Waals surface area contributed by atoms with Crippen LogP contribution in [-0.4, -0.2) is 64.5 Å². The molecule has 1 aliphatic rings. The number of nitrogens with zero attached hydrogens (tertiary/aromatic N) is 5. The Labute approximate surface area is 284 Å². The lowest BCUT2D eigenvalue weighted by Crippen LogP contribution is -2.49. The first-order valence-electron chi connectivity index (χ1n) is 15.3. The molecule has 1 fully saturated rings. The van der Waals surface area contributed by atoms with Crippen LogP contribution in [0.3, 0.4) is 0 Å². The Morgan fingerprint density at radius 2 is 1.76 bits per heavy atom.